The minimum absolute atomic E-state index is 0.00455. The molecule has 21 heavy (non-hydrogen) atoms. The zero-order valence-corrected chi connectivity index (χ0v) is 12.0. The molecule has 0 amide bonds. The number of rotatable bonds is 4. The minimum Gasteiger partial charge on any atom is -0.485 e. The van der Waals surface area contributed by atoms with Crippen LogP contribution in [0.15, 0.2) is 36.5 Å². The lowest BCUT2D eigenvalue weighted by Gasteiger charge is -2.15. The molecule has 1 heterocycles. The molecule has 0 saturated carbocycles. The van der Waals surface area contributed by atoms with Crippen LogP contribution in [0, 0.1) is 0 Å². The van der Waals surface area contributed by atoms with E-state index in [0.717, 1.165) is 24.0 Å². The second-order valence-corrected chi connectivity index (χ2v) is 5.31. The van der Waals surface area contributed by atoms with E-state index in [1.54, 1.807) is 22.8 Å². The van der Waals surface area contributed by atoms with Crippen LogP contribution in [-0.4, -0.2) is 22.7 Å². The third-order valence-electron chi connectivity index (χ3n) is 3.83. The molecule has 0 N–H and O–H groups in total. The summed E-state index contributed by atoms with van der Waals surface area (Å²) in [6, 6.07) is 9.05. The van der Waals surface area contributed by atoms with Crippen molar-refractivity contribution in [3.8, 4) is 5.75 Å². The van der Waals surface area contributed by atoms with Gasteiger partial charge < -0.3 is 9.30 Å². The SMILES string of the molecule is Cn1cccc1C(=O)COc1ccc2c(c1)CCCC2=O. The molecule has 1 aliphatic carbocycles. The van der Waals surface area contributed by atoms with Crippen LogP contribution >= 0.6 is 0 Å². The van der Waals surface area contributed by atoms with Crippen molar-refractivity contribution in [2.45, 2.75) is 19.3 Å². The smallest absolute Gasteiger partial charge is 0.216 e. The first-order chi connectivity index (χ1) is 10.1. The van der Waals surface area contributed by atoms with E-state index in [1.807, 2.05) is 25.4 Å². The van der Waals surface area contributed by atoms with Crippen molar-refractivity contribution < 1.29 is 14.3 Å². The first-order valence-corrected chi connectivity index (χ1v) is 7.08. The summed E-state index contributed by atoms with van der Waals surface area (Å²) in [5, 5.41) is 0. The zero-order chi connectivity index (χ0) is 14.8. The largest absolute Gasteiger partial charge is 0.485 e. The molecule has 108 valence electrons. The number of aromatic nitrogens is 1. The lowest BCUT2D eigenvalue weighted by atomic mass is 9.90. The highest BCUT2D eigenvalue weighted by Crippen LogP contribution is 2.25. The molecule has 4 nitrogen and oxygen atoms in total. The average Bonchev–Trinajstić information content (AvgIpc) is 2.91. The molecular formula is C17H17NO3. The van der Waals surface area contributed by atoms with Gasteiger partial charge in [-0.3, -0.25) is 9.59 Å². The summed E-state index contributed by atoms with van der Waals surface area (Å²) in [5.41, 5.74) is 2.44. The van der Waals surface area contributed by atoms with Crippen molar-refractivity contribution in [1.82, 2.24) is 4.57 Å². The molecule has 0 atom stereocenters. The van der Waals surface area contributed by atoms with Gasteiger partial charge in [-0.2, -0.15) is 0 Å². The molecule has 3 rings (SSSR count). The predicted molar refractivity (Wildman–Crippen MR) is 78.9 cm³/mol. The van der Waals surface area contributed by atoms with Crippen molar-refractivity contribution in [2.24, 2.45) is 7.05 Å². The summed E-state index contributed by atoms with van der Waals surface area (Å²) >= 11 is 0. The molecule has 0 aliphatic heterocycles. The summed E-state index contributed by atoms with van der Waals surface area (Å²) in [7, 11) is 1.83. The zero-order valence-electron chi connectivity index (χ0n) is 12.0. The number of fused-ring (bicyclic) bond motifs is 1. The number of benzene rings is 1. The standard InChI is InChI=1S/C17H17NO3/c1-18-9-3-5-15(18)17(20)11-21-13-7-8-14-12(10-13)4-2-6-16(14)19/h3,5,7-10H,2,4,6,11H2,1H3. The topological polar surface area (TPSA) is 48.3 Å². The van der Waals surface area contributed by atoms with Gasteiger partial charge in [-0.05, 0) is 48.7 Å². The molecule has 0 radical (unpaired) electrons. The lowest BCUT2D eigenvalue weighted by molar-refractivity contribution is 0.0911. The second kappa shape index (κ2) is 5.56. The van der Waals surface area contributed by atoms with Gasteiger partial charge in [-0.25, -0.2) is 0 Å². The Kier molecular flexibility index (Phi) is 3.60. The fourth-order valence-electron chi connectivity index (χ4n) is 2.69. The van der Waals surface area contributed by atoms with E-state index >= 15 is 0 Å². The van der Waals surface area contributed by atoms with Gasteiger partial charge in [0.2, 0.25) is 5.78 Å². The minimum atomic E-state index is -0.0590. The summed E-state index contributed by atoms with van der Waals surface area (Å²) in [5.74, 6) is 0.782. The number of carbonyl (C=O) groups is 2. The molecule has 0 spiro atoms. The van der Waals surface area contributed by atoms with E-state index in [-0.39, 0.29) is 18.2 Å². The van der Waals surface area contributed by atoms with E-state index in [9.17, 15) is 9.59 Å². The van der Waals surface area contributed by atoms with Crippen LogP contribution in [0.4, 0.5) is 0 Å². The maximum atomic E-state index is 12.0. The Morgan fingerprint density at radius 3 is 2.90 bits per heavy atom. The van der Waals surface area contributed by atoms with Gasteiger partial charge in [0.05, 0.1) is 5.69 Å². The maximum absolute atomic E-state index is 12.0. The van der Waals surface area contributed by atoms with Crippen LogP contribution in [0.1, 0.15) is 39.3 Å². The Morgan fingerprint density at radius 1 is 1.29 bits per heavy atom. The first-order valence-electron chi connectivity index (χ1n) is 7.08. The monoisotopic (exact) mass is 283 g/mol. The quantitative estimate of drug-likeness (QED) is 0.811. The highest BCUT2D eigenvalue weighted by Gasteiger charge is 2.17. The van der Waals surface area contributed by atoms with E-state index in [4.69, 9.17) is 4.74 Å². The number of hydrogen-bond acceptors (Lipinski definition) is 3. The number of Topliss-reactive ketones (excluding diaryl/α,β-unsaturated/α-hetero) is 2. The number of carbonyl (C=O) groups excluding carboxylic acids is 2. The molecule has 1 aromatic heterocycles. The highest BCUT2D eigenvalue weighted by atomic mass is 16.5. The fourth-order valence-corrected chi connectivity index (χ4v) is 2.69. The molecule has 2 aromatic rings. The Morgan fingerprint density at radius 2 is 2.14 bits per heavy atom. The Hall–Kier alpha value is -2.36. The summed E-state index contributed by atoms with van der Waals surface area (Å²) in [4.78, 5) is 23.8. The average molecular weight is 283 g/mol. The van der Waals surface area contributed by atoms with Gasteiger partial charge in [0.15, 0.2) is 12.4 Å². The third kappa shape index (κ3) is 2.75. The molecule has 0 saturated heterocycles. The molecule has 1 aromatic carbocycles. The molecule has 0 fully saturated rings. The lowest BCUT2D eigenvalue weighted by Crippen LogP contribution is -2.15. The Bertz CT molecular complexity index is 700. The van der Waals surface area contributed by atoms with Crippen molar-refractivity contribution >= 4 is 11.6 Å². The van der Waals surface area contributed by atoms with Crippen LogP contribution < -0.4 is 4.74 Å². The van der Waals surface area contributed by atoms with Gasteiger partial charge in [0, 0.05) is 25.2 Å². The van der Waals surface area contributed by atoms with Crippen molar-refractivity contribution in [3.63, 3.8) is 0 Å². The fraction of sp³-hybridized carbons (Fsp3) is 0.294. The molecule has 0 unspecified atom stereocenters. The third-order valence-corrected chi connectivity index (χ3v) is 3.83. The van der Waals surface area contributed by atoms with Gasteiger partial charge in [-0.15, -0.1) is 0 Å². The van der Waals surface area contributed by atoms with Crippen LogP contribution in [0.25, 0.3) is 0 Å². The molecule has 4 heteroatoms. The van der Waals surface area contributed by atoms with Crippen molar-refractivity contribution in [1.29, 1.82) is 0 Å². The van der Waals surface area contributed by atoms with Crippen LogP contribution in [0.5, 0.6) is 5.75 Å². The predicted octanol–water partition coefficient (Wildman–Crippen LogP) is 2.81. The summed E-state index contributed by atoms with van der Waals surface area (Å²) in [6.45, 7) is 0.00455. The van der Waals surface area contributed by atoms with Crippen molar-refractivity contribution in [3.05, 3.63) is 53.3 Å². The molecule has 0 bridgehead atoms. The number of hydrogen-bond donors (Lipinski definition) is 0. The summed E-state index contributed by atoms with van der Waals surface area (Å²) < 4.78 is 7.35. The molecular weight excluding hydrogens is 266 g/mol. The summed E-state index contributed by atoms with van der Waals surface area (Å²) in [6.07, 6.45) is 4.23. The molecule has 1 aliphatic rings. The normalized spacial score (nSPS) is 13.9. The Labute approximate surface area is 123 Å². The Balaban J connectivity index is 1.70. The van der Waals surface area contributed by atoms with E-state index in [0.29, 0.717) is 17.9 Å². The number of aryl methyl sites for hydroxylation is 2. The van der Waals surface area contributed by atoms with E-state index in [2.05, 4.69) is 0 Å². The number of nitrogens with zero attached hydrogens (tertiary/aromatic N) is 1. The van der Waals surface area contributed by atoms with Crippen LogP contribution in [0.2, 0.25) is 0 Å². The highest BCUT2D eigenvalue weighted by molar-refractivity contribution is 5.98. The first kappa shape index (κ1) is 13.6. The van der Waals surface area contributed by atoms with Crippen molar-refractivity contribution in [2.75, 3.05) is 6.61 Å². The van der Waals surface area contributed by atoms with Crippen LogP contribution in [-0.2, 0) is 13.5 Å². The van der Waals surface area contributed by atoms with Gasteiger partial charge in [-0.1, -0.05) is 0 Å². The van der Waals surface area contributed by atoms with Crippen LogP contribution in [0.3, 0.4) is 0 Å². The number of ketones is 2. The maximum Gasteiger partial charge on any atom is 0.216 e. The van der Waals surface area contributed by atoms with Gasteiger partial charge in [0.25, 0.3) is 0 Å². The van der Waals surface area contributed by atoms with Gasteiger partial charge in [0.1, 0.15) is 5.75 Å². The second-order valence-electron chi connectivity index (χ2n) is 5.31. The van der Waals surface area contributed by atoms with Gasteiger partial charge >= 0.3 is 0 Å². The van der Waals surface area contributed by atoms with E-state index in [1.165, 1.54) is 0 Å². The number of ether oxygens (including phenoxy) is 1. The van der Waals surface area contributed by atoms with E-state index < -0.39 is 0 Å².